The van der Waals surface area contributed by atoms with Gasteiger partial charge in [0.15, 0.2) is 0 Å². The zero-order chi connectivity index (χ0) is 15.6. The molecule has 2 aromatic rings. The smallest absolute Gasteiger partial charge is 0.117 e. The van der Waals surface area contributed by atoms with Crippen molar-refractivity contribution in [3.8, 4) is 0 Å². The number of rotatable bonds is 4. The van der Waals surface area contributed by atoms with Crippen LogP contribution in [0.25, 0.3) is 12.2 Å². The maximum atomic E-state index is 11.6. The van der Waals surface area contributed by atoms with Gasteiger partial charge in [0, 0.05) is 18.0 Å². The topological polar surface area (TPSA) is 36.4 Å². The summed E-state index contributed by atoms with van der Waals surface area (Å²) in [5.41, 5.74) is 3.00. The van der Waals surface area contributed by atoms with Crippen LogP contribution in [0.3, 0.4) is 0 Å². The highest BCUT2D eigenvalue weighted by Gasteiger charge is 2.35. The minimum atomic E-state index is -0.986. The van der Waals surface area contributed by atoms with E-state index < -0.39 is 5.60 Å². The van der Waals surface area contributed by atoms with E-state index in [1.165, 1.54) is 0 Å². The molecule has 1 atom stereocenters. The largest absolute Gasteiger partial charge is 0.380 e. The molecule has 0 aliphatic heterocycles. The van der Waals surface area contributed by atoms with Crippen LogP contribution in [0, 0.1) is 0 Å². The molecule has 1 aliphatic rings. The van der Waals surface area contributed by atoms with Gasteiger partial charge < -0.3 is 10.0 Å². The Bertz CT molecular complexity index is 642. The number of nitrogens with zero attached hydrogens (tertiary/aromatic N) is 2. The fourth-order valence-electron chi connectivity index (χ4n) is 3.16. The average Bonchev–Trinajstić information content (AvgIpc) is 2.64. The zero-order valence-corrected chi connectivity index (χ0v) is 13.2. The van der Waals surface area contributed by atoms with Crippen molar-refractivity contribution in [2.45, 2.75) is 18.4 Å². The summed E-state index contributed by atoms with van der Waals surface area (Å²) >= 11 is 0. The first-order valence-electron chi connectivity index (χ1n) is 7.70. The monoisotopic (exact) mass is 294 g/mol. The predicted octanol–water partition coefficient (Wildman–Crippen LogP) is 3.14. The van der Waals surface area contributed by atoms with E-state index in [1.807, 2.05) is 24.3 Å². The molecule has 1 N–H and O–H groups in total. The molecule has 0 saturated carbocycles. The van der Waals surface area contributed by atoms with Crippen LogP contribution in [0.15, 0.2) is 42.7 Å². The van der Waals surface area contributed by atoms with Crippen LogP contribution in [-0.2, 0) is 5.60 Å². The first-order chi connectivity index (χ1) is 10.6. The van der Waals surface area contributed by atoms with Crippen molar-refractivity contribution in [2.75, 3.05) is 20.6 Å². The number of aromatic nitrogens is 1. The molecule has 0 saturated heterocycles. The lowest BCUT2D eigenvalue weighted by molar-refractivity contribution is 0.0659. The van der Waals surface area contributed by atoms with Crippen LogP contribution in [-0.4, -0.2) is 35.6 Å². The van der Waals surface area contributed by atoms with Crippen molar-refractivity contribution in [2.24, 2.45) is 0 Å². The Morgan fingerprint density at radius 3 is 2.55 bits per heavy atom. The maximum absolute atomic E-state index is 11.6. The van der Waals surface area contributed by atoms with Crippen molar-refractivity contribution in [3.05, 3.63) is 65.0 Å². The van der Waals surface area contributed by atoms with E-state index in [0.29, 0.717) is 6.42 Å². The van der Waals surface area contributed by atoms with Gasteiger partial charge in [0.2, 0.25) is 0 Å². The molecule has 0 fully saturated rings. The fraction of sp³-hybridized carbons (Fsp3) is 0.316. The molecule has 1 aliphatic carbocycles. The van der Waals surface area contributed by atoms with E-state index in [0.717, 1.165) is 35.2 Å². The Hall–Kier alpha value is -1.97. The van der Waals surface area contributed by atoms with E-state index >= 15 is 0 Å². The molecule has 0 bridgehead atoms. The lowest BCUT2D eigenvalue weighted by Gasteiger charge is -2.31. The van der Waals surface area contributed by atoms with Crippen molar-refractivity contribution in [3.63, 3.8) is 0 Å². The van der Waals surface area contributed by atoms with Gasteiger partial charge in [-0.3, -0.25) is 4.98 Å². The molecule has 0 spiro atoms. The van der Waals surface area contributed by atoms with Gasteiger partial charge >= 0.3 is 0 Å². The van der Waals surface area contributed by atoms with Gasteiger partial charge in [-0.25, -0.2) is 0 Å². The third-order valence-corrected chi connectivity index (χ3v) is 4.29. The molecular weight excluding hydrogens is 272 g/mol. The normalized spacial score (nSPS) is 19.6. The molecule has 114 valence electrons. The number of fused-ring (bicyclic) bond motifs is 2. The Kier molecular flexibility index (Phi) is 4.10. The molecular formula is C19H22N2O. The van der Waals surface area contributed by atoms with Gasteiger partial charge in [-0.2, -0.15) is 0 Å². The van der Waals surface area contributed by atoms with Gasteiger partial charge in [0.05, 0.1) is 0 Å². The van der Waals surface area contributed by atoms with Crippen LogP contribution in [0.2, 0.25) is 0 Å². The van der Waals surface area contributed by atoms with Gasteiger partial charge in [0.1, 0.15) is 5.60 Å². The second kappa shape index (κ2) is 6.03. The van der Waals surface area contributed by atoms with Crippen molar-refractivity contribution < 1.29 is 5.11 Å². The number of hydrogen-bond donors (Lipinski definition) is 1. The summed E-state index contributed by atoms with van der Waals surface area (Å²) in [6.07, 6.45) is 9.34. The molecule has 0 radical (unpaired) electrons. The summed E-state index contributed by atoms with van der Waals surface area (Å²) in [6.45, 7) is 0.952. The van der Waals surface area contributed by atoms with Gasteiger partial charge in [-0.15, -0.1) is 0 Å². The summed E-state index contributed by atoms with van der Waals surface area (Å²) in [6, 6.07) is 10.1. The SMILES string of the molecule is CN(C)CCC[C@@]1(O)c2ccccc2C=Cc2ccncc21. The van der Waals surface area contributed by atoms with Gasteiger partial charge in [-0.1, -0.05) is 36.4 Å². The average molecular weight is 294 g/mol. The van der Waals surface area contributed by atoms with Crippen LogP contribution < -0.4 is 0 Å². The molecule has 1 heterocycles. The van der Waals surface area contributed by atoms with Crippen LogP contribution in [0.4, 0.5) is 0 Å². The molecule has 1 aromatic carbocycles. The number of pyridine rings is 1. The Morgan fingerprint density at radius 2 is 1.77 bits per heavy atom. The highest BCUT2D eigenvalue weighted by Crippen LogP contribution is 2.40. The number of hydrogen-bond acceptors (Lipinski definition) is 3. The third-order valence-electron chi connectivity index (χ3n) is 4.29. The first-order valence-corrected chi connectivity index (χ1v) is 7.70. The minimum Gasteiger partial charge on any atom is -0.380 e. The lowest BCUT2D eigenvalue weighted by atomic mass is 9.80. The van der Waals surface area contributed by atoms with E-state index in [1.54, 1.807) is 12.4 Å². The van der Waals surface area contributed by atoms with Gasteiger partial charge in [0.25, 0.3) is 0 Å². The summed E-state index contributed by atoms with van der Waals surface area (Å²) in [5.74, 6) is 0. The molecule has 3 rings (SSSR count). The summed E-state index contributed by atoms with van der Waals surface area (Å²) < 4.78 is 0. The van der Waals surface area contributed by atoms with E-state index in [-0.39, 0.29) is 0 Å². The number of benzene rings is 1. The van der Waals surface area contributed by atoms with Crippen LogP contribution >= 0.6 is 0 Å². The second-order valence-corrected chi connectivity index (χ2v) is 6.15. The fourth-order valence-corrected chi connectivity index (χ4v) is 3.16. The van der Waals surface area contributed by atoms with Crippen LogP contribution in [0.5, 0.6) is 0 Å². The van der Waals surface area contributed by atoms with E-state index in [2.05, 4.69) is 42.2 Å². The van der Waals surface area contributed by atoms with E-state index in [4.69, 9.17) is 0 Å². The Labute approximate surface area is 131 Å². The maximum Gasteiger partial charge on any atom is 0.117 e. The van der Waals surface area contributed by atoms with E-state index in [9.17, 15) is 5.11 Å². The lowest BCUT2D eigenvalue weighted by Crippen LogP contribution is -2.30. The summed E-state index contributed by atoms with van der Waals surface area (Å²) in [5, 5.41) is 11.6. The quantitative estimate of drug-likeness (QED) is 0.941. The Balaban J connectivity index is 2.08. The molecule has 22 heavy (non-hydrogen) atoms. The molecule has 3 nitrogen and oxygen atoms in total. The Morgan fingerprint density at radius 1 is 1.05 bits per heavy atom. The highest BCUT2D eigenvalue weighted by molar-refractivity contribution is 5.76. The second-order valence-electron chi connectivity index (χ2n) is 6.15. The predicted molar refractivity (Wildman–Crippen MR) is 90.4 cm³/mol. The molecule has 0 unspecified atom stereocenters. The molecule has 1 aromatic heterocycles. The van der Waals surface area contributed by atoms with Crippen molar-refractivity contribution in [1.82, 2.24) is 9.88 Å². The van der Waals surface area contributed by atoms with Crippen LogP contribution in [0.1, 0.15) is 35.1 Å². The summed E-state index contributed by atoms with van der Waals surface area (Å²) in [7, 11) is 4.12. The first kappa shape index (κ1) is 14.9. The molecule has 0 amide bonds. The minimum absolute atomic E-state index is 0.683. The standard InChI is InChI=1S/C19H22N2O/c1-21(2)13-5-11-19(22)17-7-4-3-6-15(17)8-9-16-10-12-20-14-18(16)19/h3-4,6-10,12,14,22H,5,11,13H2,1-2H3/t19-/m1/s1. The third kappa shape index (κ3) is 2.70. The van der Waals surface area contributed by atoms with Crippen molar-refractivity contribution in [1.29, 1.82) is 0 Å². The summed E-state index contributed by atoms with van der Waals surface area (Å²) in [4.78, 5) is 6.39. The van der Waals surface area contributed by atoms with Crippen molar-refractivity contribution >= 4 is 12.2 Å². The highest BCUT2D eigenvalue weighted by atomic mass is 16.3. The van der Waals surface area contributed by atoms with Gasteiger partial charge in [-0.05, 0) is 56.2 Å². The zero-order valence-electron chi connectivity index (χ0n) is 13.2. The molecule has 3 heteroatoms. The number of aliphatic hydroxyl groups is 1.